The molecule has 0 radical (unpaired) electrons. The van der Waals surface area contributed by atoms with Gasteiger partial charge in [-0.25, -0.2) is 0 Å². The topological polar surface area (TPSA) is 34.1 Å². The third kappa shape index (κ3) is 3.79. The quantitative estimate of drug-likeness (QED) is 0.291. The second-order valence-corrected chi connectivity index (χ2v) is 10.2. The summed E-state index contributed by atoms with van der Waals surface area (Å²) in [7, 11) is -3.34. The van der Waals surface area contributed by atoms with Crippen LogP contribution in [0, 0.1) is 6.92 Å². The molecule has 4 rings (SSSR count). The normalized spacial score (nSPS) is 12.3. The summed E-state index contributed by atoms with van der Waals surface area (Å²) in [5, 5.41) is 1.37. The highest BCUT2D eigenvalue weighted by Crippen LogP contribution is 2.58. The zero-order valence-corrected chi connectivity index (χ0v) is 17.7. The standard InChI is InChI=1S/C27H23O2P/c1-21-17-19-22(20-18-21)26(28)27(23-11-5-2-6-12-23)30(29,24-13-7-3-8-14-24)25-15-9-4-10-16-25/h2-20,27H,1H3. The minimum Gasteiger partial charge on any atom is -0.313 e. The van der Waals surface area contributed by atoms with Crippen molar-refractivity contribution in [3.05, 3.63) is 132 Å². The Hall–Kier alpha value is -3.22. The van der Waals surface area contributed by atoms with Crippen LogP contribution in [0.15, 0.2) is 115 Å². The third-order valence-corrected chi connectivity index (χ3v) is 8.73. The Bertz CT molecular complexity index is 1120. The van der Waals surface area contributed by atoms with E-state index in [-0.39, 0.29) is 5.78 Å². The molecule has 1 atom stereocenters. The molecule has 0 saturated heterocycles. The molecule has 0 N–H and O–H groups in total. The van der Waals surface area contributed by atoms with Gasteiger partial charge >= 0.3 is 0 Å². The number of carbonyl (C=O) groups is 1. The lowest BCUT2D eigenvalue weighted by Gasteiger charge is -2.28. The van der Waals surface area contributed by atoms with Crippen LogP contribution in [0.2, 0.25) is 0 Å². The zero-order chi connectivity index (χ0) is 21.0. The van der Waals surface area contributed by atoms with Gasteiger partial charge in [-0.1, -0.05) is 121 Å². The summed E-state index contributed by atoms with van der Waals surface area (Å²) in [6.45, 7) is 1.99. The highest BCUT2D eigenvalue weighted by atomic mass is 31.2. The van der Waals surface area contributed by atoms with Gasteiger partial charge in [0.05, 0.1) is 0 Å². The molecular weight excluding hydrogens is 387 g/mol. The first-order chi connectivity index (χ1) is 14.6. The van der Waals surface area contributed by atoms with Crippen LogP contribution < -0.4 is 10.6 Å². The molecule has 0 aliphatic rings. The average molecular weight is 410 g/mol. The van der Waals surface area contributed by atoms with Crippen LogP contribution in [0.4, 0.5) is 0 Å². The molecule has 0 bridgehead atoms. The van der Waals surface area contributed by atoms with Crippen LogP contribution in [-0.4, -0.2) is 5.78 Å². The zero-order valence-electron chi connectivity index (χ0n) is 16.8. The molecular formula is C27H23O2P. The first-order valence-corrected chi connectivity index (χ1v) is 11.7. The monoisotopic (exact) mass is 410 g/mol. The Labute approximate surface area is 177 Å². The van der Waals surface area contributed by atoms with Gasteiger partial charge in [-0.2, -0.15) is 0 Å². The summed E-state index contributed by atoms with van der Waals surface area (Å²) in [5.41, 5.74) is 1.61. The van der Waals surface area contributed by atoms with Crippen molar-refractivity contribution < 1.29 is 9.36 Å². The SMILES string of the molecule is Cc1ccc(C(=O)C(c2ccccc2)P(=O)(c2ccccc2)c2ccccc2)cc1. The van der Waals surface area contributed by atoms with E-state index >= 15 is 0 Å². The van der Waals surface area contributed by atoms with E-state index in [0.717, 1.165) is 11.1 Å². The van der Waals surface area contributed by atoms with Gasteiger partial charge in [0.15, 0.2) is 12.9 Å². The molecule has 0 aliphatic carbocycles. The van der Waals surface area contributed by atoms with Gasteiger partial charge in [0.25, 0.3) is 0 Å². The van der Waals surface area contributed by atoms with Crippen molar-refractivity contribution in [2.45, 2.75) is 12.6 Å². The van der Waals surface area contributed by atoms with Crippen molar-refractivity contribution in [1.82, 2.24) is 0 Å². The minimum absolute atomic E-state index is 0.128. The van der Waals surface area contributed by atoms with Gasteiger partial charge in [-0.05, 0) is 12.5 Å². The molecule has 1 unspecified atom stereocenters. The van der Waals surface area contributed by atoms with Gasteiger partial charge in [0, 0.05) is 16.2 Å². The van der Waals surface area contributed by atoms with Crippen molar-refractivity contribution in [2.24, 2.45) is 0 Å². The number of Topliss-reactive ketones (excluding diaryl/α,β-unsaturated/α-hetero) is 1. The average Bonchev–Trinajstić information content (AvgIpc) is 2.81. The van der Waals surface area contributed by atoms with Crippen molar-refractivity contribution >= 4 is 23.5 Å². The van der Waals surface area contributed by atoms with E-state index in [1.54, 1.807) is 0 Å². The molecule has 2 nitrogen and oxygen atoms in total. The highest BCUT2D eigenvalue weighted by Gasteiger charge is 2.42. The Kier molecular flexibility index (Phi) is 5.79. The molecule has 0 heterocycles. The summed E-state index contributed by atoms with van der Waals surface area (Å²) in [5.74, 6) is -0.128. The first kappa shape index (κ1) is 20.1. The summed E-state index contributed by atoms with van der Waals surface area (Å²) in [6, 6.07) is 35.8. The maximum Gasteiger partial charge on any atom is 0.178 e. The molecule has 0 aromatic heterocycles. The lowest BCUT2D eigenvalue weighted by atomic mass is 10.0. The second kappa shape index (κ2) is 8.65. The van der Waals surface area contributed by atoms with E-state index in [2.05, 4.69) is 0 Å². The second-order valence-electron chi connectivity index (χ2n) is 7.37. The van der Waals surface area contributed by atoms with Crippen LogP contribution >= 0.6 is 7.14 Å². The Morgan fingerprint density at radius 1 is 0.633 bits per heavy atom. The molecule has 4 aromatic carbocycles. The number of hydrogen-bond donors (Lipinski definition) is 0. The van der Waals surface area contributed by atoms with E-state index < -0.39 is 12.8 Å². The van der Waals surface area contributed by atoms with Crippen LogP contribution in [-0.2, 0) is 4.57 Å². The fourth-order valence-electron chi connectivity index (χ4n) is 3.78. The Balaban J connectivity index is 1.98. The highest BCUT2D eigenvalue weighted by molar-refractivity contribution is 7.79. The summed E-state index contributed by atoms with van der Waals surface area (Å²) < 4.78 is 15.0. The summed E-state index contributed by atoms with van der Waals surface area (Å²) in [6.07, 6.45) is 0. The molecule has 0 aliphatic heterocycles. The van der Waals surface area contributed by atoms with E-state index in [9.17, 15) is 9.36 Å². The number of rotatable bonds is 6. The van der Waals surface area contributed by atoms with Gasteiger partial charge in [-0.15, -0.1) is 0 Å². The predicted octanol–water partition coefficient (Wildman–Crippen LogP) is 5.93. The first-order valence-electron chi connectivity index (χ1n) is 9.97. The molecule has 0 spiro atoms. The fourth-order valence-corrected chi connectivity index (χ4v) is 6.98. The third-order valence-electron chi connectivity index (χ3n) is 5.34. The van der Waals surface area contributed by atoms with E-state index in [0.29, 0.717) is 16.2 Å². The van der Waals surface area contributed by atoms with Crippen LogP contribution in [0.5, 0.6) is 0 Å². The van der Waals surface area contributed by atoms with E-state index in [1.807, 2.05) is 122 Å². The van der Waals surface area contributed by atoms with Crippen LogP contribution in [0.25, 0.3) is 0 Å². The molecule has 30 heavy (non-hydrogen) atoms. The minimum atomic E-state index is -3.34. The predicted molar refractivity (Wildman–Crippen MR) is 124 cm³/mol. The maximum absolute atomic E-state index is 15.0. The van der Waals surface area contributed by atoms with Crippen molar-refractivity contribution in [1.29, 1.82) is 0 Å². The van der Waals surface area contributed by atoms with Crippen molar-refractivity contribution in [2.75, 3.05) is 0 Å². The van der Waals surface area contributed by atoms with Gasteiger partial charge < -0.3 is 4.57 Å². The Morgan fingerprint density at radius 2 is 1.07 bits per heavy atom. The number of ketones is 1. The number of benzene rings is 4. The summed E-state index contributed by atoms with van der Waals surface area (Å²) >= 11 is 0. The molecule has 3 heteroatoms. The van der Waals surface area contributed by atoms with Crippen LogP contribution in [0.1, 0.15) is 27.1 Å². The van der Waals surface area contributed by atoms with Crippen LogP contribution in [0.3, 0.4) is 0 Å². The molecule has 0 saturated carbocycles. The number of carbonyl (C=O) groups excluding carboxylic acids is 1. The Morgan fingerprint density at radius 3 is 1.53 bits per heavy atom. The van der Waals surface area contributed by atoms with Gasteiger partial charge in [-0.3, -0.25) is 4.79 Å². The van der Waals surface area contributed by atoms with E-state index in [4.69, 9.17) is 0 Å². The lowest BCUT2D eigenvalue weighted by Crippen LogP contribution is -2.26. The van der Waals surface area contributed by atoms with Gasteiger partial charge in [0.2, 0.25) is 0 Å². The maximum atomic E-state index is 15.0. The number of hydrogen-bond acceptors (Lipinski definition) is 2. The van der Waals surface area contributed by atoms with Crippen molar-refractivity contribution in [3.63, 3.8) is 0 Å². The lowest BCUT2D eigenvalue weighted by molar-refractivity contribution is 0.0986. The molecule has 0 fully saturated rings. The molecule has 148 valence electrons. The molecule has 4 aromatic rings. The smallest absolute Gasteiger partial charge is 0.178 e. The van der Waals surface area contributed by atoms with Crippen molar-refractivity contribution in [3.8, 4) is 0 Å². The largest absolute Gasteiger partial charge is 0.313 e. The molecule has 0 amide bonds. The van der Waals surface area contributed by atoms with Gasteiger partial charge in [0.1, 0.15) is 5.66 Å². The summed E-state index contributed by atoms with van der Waals surface area (Å²) in [4.78, 5) is 13.9. The number of aryl methyl sites for hydroxylation is 1. The fraction of sp³-hybridized carbons (Fsp3) is 0.0741. The van der Waals surface area contributed by atoms with E-state index in [1.165, 1.54) is 0 Å².